The normalized spacial score (nSPS) is 26.2. The molecule has 2 atom stereocenters. The van der Waals surface area contributed by atoms with E-state index in [0.29, 0.717) is 11.7 Å². The van der Waals surface area contributed by atoms with Gasteiger partial charge in [-0.2, -0.15) is 5.10 Å². The Bertz CT molecular complexity index is 378. The van der Waals surface area contributed by atoms with Gasteiger partial charge in [0.25, 0.3) is 0 Å². The second-order valence-electron chi connectivity index (χ2n) is 5.74. The first-order valence-corrected chi connectivity index (χ1v) is 5.92. The number of hydrogen-bond acceptors (Lipinski definition) is 3. The third-order valence-corrected chi connectivity index (χ3v) is 3.21. The lowest BCUT2D eigenvalue weighted by molar-refractivity contribution is 0.181. The van der Waals surface area contributed by atoms with Crippen molar-refractivity contribution in [2.45, 2.75) is 57.6 Å². The van der Waals surface area contributed by atoms with Crippen LogP contribution in [0.5, 0.6) is 0 Å². The van der Waals surface area contributed by atoms with Gasteiger partial charge in [0.2, 0.25) is 0 Å². The monoisotopic (exact) mass is 223 g/mol. The molecule has 4 nitrogen and oxygen atoms in total. The Morgan fingerprint density at radius 2 is 2.12 bits per heavy atom. The van der Waals surface area contributed by atoms with Crippen molar-refractivity contribution in [3.63, 3.8) is 0 Å². The van der Waals surface area contributed by atoms with Crippen LogP contribution in [0, 0.1) is 0 Å². The maximum atomic E-state index is 9.53. The first kappa shape index (κ1) is 11.5. The van der Waals surface area contributed by atoms with Crippen molar-refractivity contribution in [2.24, 2.45) is 0 Å². The molecule has 0 spiro atoms. The molecule has 0 bridgehead atoms. The van der Waals surface area contributed by atoms with E-state index < -0.39 is 0 Å². The van der Waals surface area contributed by atoms with Crippen LogP contribution in [0.15, 0.2) is 6.07 Å². The van der Waals surface area contributed by atoms with Gasteiger partial charge < -0.3 is 10.8 Å². The van der Waals surface area contributed by atoms with Crippen molar-refractivity contribution in [3.8, 4) is 0 Å². The van der Waals surface area contributed by atoms with E-state index in [1.165, 1.54) is 0 Å². The molecule has 1 fully saturated rings. The van der Waals surface area contributed by atoms with E-state index in [1.807, 2.05) is 10.7 Å². The van der Waals surface area contributed by atoms with Crippen LogP contribution in [-0.2, 0) is 5.54 Å². The first-order valence-electron chi connectivity index (χ1n) is 5.92. The minimum absolute atomic E-state index is 0.0838. The smallest absolute Gasteiger partial charge is 0.122 e. The summed E-state index contributed by atoms with van der Waals surface area (Å²) in [7, 11) is 0. The SMILES string of the molecule is CC(C)(C)n1nc(C2CC[C@@H](O)C2)cc1N. The highest BCUT2D eigenvalue weighted by Crippen LogP contribution is 2.35. The summed E-state index contributed by atoms with van der Waals surface area (Å²) in [4.78, 5) is 0. The molecule has 0 aliphatic heterocycles. The van der Waals surface area contributed by atoms with Crippen molar-refractivity contribution in [2.75, 3.05) is 5.73 Å². The first-order chi connectivity index (χ1) is 7.38. The molecule has 2 rings (SSSR count). The summed E-state index contributed by atoms with van der Waals surface area (Å²) in [5.41, 5.74) is 6.92. The molecule has 4 heteroatoms. The zero-order chi connectivity index (χ0) is 11.9. The van der Waals surface area contributed by atoms with E-state index in [2.05, 4.69) is 25.9 Å². The van der Waals surface area contributed by atoms with Crippen molar-refractivity contribution in [1.29, 1.82) is 0 Å². The fourth-order valence-electron chi connectivity index (χ4n) is 2.38. The Balaban J connectivity index is 2.24. The van der Waals surface area contributed by atoms with Gasteiger partial charge in [-0.25, -0.2) is 4.68 Å². The highest BCUT2D eigenvalue weighted by molar-refractivity contribution is 5.34. The van der Waals surface area contributed by atoms with Gasteiger partial charge in [0, 0.05) is 12.0 Å². The highest BCUT2D eigenvalue weighted by Gasteiger charge is 2.28. The zero-order valence-electron chi connectivity index (χ0n) is 10.3. The molecule has 0 amide bonds. The number of nitrogens with zero attached hydrogens (tertiary/aromatic N) is 2. The number of nitrogens with two attached hydrogens (primary N) is 1. The summed E-state index contributed by atoms with van der Waals surface area (Å²) in [6, 6.07) is 1.95. The van der Waals surface area contributed by atoms with Crippen LogP contribution in [-0.4, -0.2) is 21.0 Å². The van der Waals surface area contributed by atoms with Gasteiger partial charge in [0.15, 0.2) is 0 Å². The molecule has 0 radical (unpaired) electrons. The number of hydrogen-bond donors (Lipinski definition) is 2. The van der Waals surface area contributed by atoms with E-state index in [-0.39, 0.29) is 11.6 Å². The quantitative estimate of drug-likeness (QED) is 0.763. The summed E-state index contributed by atoms with van der Waals surface area (Å²) in [5, 5.41) is 14.1. The number of nitrogen functional groups attached to an aromatic ring is 1. The second kappa shape index (κ2) is 3.77. The molecule has 90 valence electrons. The predicted molar refractivity (Wildman–Crippen MR) is 64.2 cm³/mol. The number of anilines is 1. The largest absolute Gasteiger partial charge is 0.393 e. The average molecular weight is 223 g/mol. The lowest BCUT2D eigenvalue weighted by Gasteiger charge is -2.20. The van der Waals surface area contributed by atoms with Crippen LogP contribution in [0.4, 0.5) is 5.82 Å². The van der Waals surface area contributed by atoms with Gasteiger partial charge in [-0.3, -0.25) is 0 Å². The zero-order valence-corrected chi connectivity index (χ0v) is 10.3. The van der Waals surface area contributed by atoms with E-state index in [1.54, 1.807) is 0 Å². The number of aliphatic hydroxyl groups is 1. The van der Waals surface area contributed by atoms with Crippen molar-refractivity contribution in [3.05, 3.63) is 11.8 Å². The molecule has 1 heterocycles. The van der Waals surface area contributed by atoms with Crippen molar-refractivity contribution in [1.82, 2.24) is 9.78 Å². The molecule has 3 N–H and O–H groups in total. The molecule has 1 aliphatic carbocycles. The Labute approximate surface area is 96.5 Å². The van der Waals surface area contributed by atoms with Crippen LogP contribution in [0.2, 0.25) is 0 Å². The number of aromatic nitrogens is 2. The molecule has 1 aromatic heterocycles. The van der Waals surface area contributed by atoms with Crippen LogP contribution in [0.25, 0.3) is 0 Å². The van der Waals surface area contributed by atoms with Crippen molar-refractivity contribution >= 4 is 5.82 Å². The van der Waals surface area contributed by atoms with Gasteiger partial charge in [0.1, 0.15) is 5.82 Å². The van der Waals surface area contributed by atoms with E-state index in [9.17, 15) is 5.11 Å². The average Bonchev–Trinajstić information content (AvgIpc) is 2.70. The third-order valence-electron chi connectivity index (χ3n) is 3.21. The molecule has 16 heavy (non-hydrogen) atoms. The summed E-state index contributed by atoms with van der Waals surface area (Å²) < 4.78 is 1.87. The minimum atomic E-state index is -0.161. The summed E-state index contributed by atoms with van der Waals surface area (Å²) in [6.45, 7) is 6.26. The highest BCUT2D eigenvalue weighted by atomic mass is 16.3. The molecule has 1 aliphatic rings. The van der Waals surface area contributed by atoms with E-state index in [4.69, 9.17) is 5.73 Å². The summed E-state index contributed by atoms with van der Waals surface area (Å²) >= 11 is 0. The Morgan fingerprint density at radius 3 is 2.56 bits per heavy atom. The number of rotatable bonds is 1. The second-order valence-corrected chi connectivity index (χ2v) is 5.74. The maximum Gasteiger partial charge on any atom is 0.122 e. The molecule has 0 aromatic carbocycles. The fraction of sp³-hybridized carbons (Fsp3) is 0.750. The maximum absolute atomic E-state index is 9.53. The topological polar surface area (TPSA) is 64.1 Å². The standard InChI is InChI=1S/C12H21N3O/c1-12(2,3)15-11(13)7-10(14-15)8-4-5-9(16)6-8/h7-9,16H,4-6,13H2,1-3H3/t8?,9-/m1/s1. The van der Waals surface area contributed by atoms with Gasteiger partial charge in [-0.1, -0.05) is 0 Å². The molecule has 1 aromatic rings. The predicted octanol–water partition coefficient (Wildman–Crippen LogP) is 1.85. The molecular formula is C12H21N3O. The van der Waals surface area contributed by atoms with Crippen LogP contribution in [0.3, 0.4) is 0 Å². The minimum Gasteiger partial charge on any atom is -0.393 e. The number of aliphatic hydroxyl groups excluding tert-OH is 1. The van der Waals surface area contributed by atoms with Crippen LogP contribution >= 0.6 is 0 Å². The lowest BCUT2D eigenvalue weighted by atomic mass is 10.0. The Hall–Kier alpha value is -1.03. The van der Waals surface area contributed by atoms with Crippen LogP contribution < -0.4 is 5.73 Å². The molecule has 1 saturated carbocycles. The molecule has 1 unspecified atom stereocenters. The Morgan fingerprint density at radius 1 is 1.44 bits per heavy atom. The van der Waals surface area contributed by atoms with Gasteiger partial charge >= 0.3 is 0 Å². The molecular weight excluding hydrogens is 202 g/mol. The van der Waals surface area contributed by atoms with E-state index in [0.717, 1.165) is 25.0 Å². The van der Waals surface area contributed by atoms with E-state index >= 15 is 0 Å². The van der Waals surface area contributed by atoms with Gasteiger partial charge in [0.05, 0.1) is 17.3 Å². The Kier molecular flexibility index (Phi) is 2.70. The summed E-state index contributed by atoms with van der Waals surface area (Å²) in [5.74, 6) is 1.09. The third kappa shape index (κ3) is 2.07. The van der Waals surface area contributed by atoms with Crippen molar-refractivity contribution < 1.29 is 5.11 Å². The lowest BCUT2D eigenvalue weighted by Crippen LogP contribution is -2.24. The van der Waals surface area contributed by atoms with Gasteiger partial charge in [-0.15, -0.1) is 0 Å². The van der Waals surface area contributed by atoms with Gasteiger partial charge in [-0.05, 0) is 40.0 Å². The van der Waals surface area contributed by atoms with Crippen LogP contribution in [0.1, 0.15) is 51.6 Å². The summed E-state index contributed by atoms with van der Waals surface area (Å²) in [6.07, 6.45) is 2.56. The molecule has 0 saturated heterocycles. The fourth-order valence-corrected chi connectivity index (χ4v) is 2.38.